The first kappa shape index (κ1) is 14.9. The minimum atomic E-state index is -0.189. The standard InChI is InChI=1S/C15H21N3OS/c1-10-2-5-13(14(16)19)9-18(10)8-11-3-6-12(7-4-11)15(17)20/h3-4,6-7,10,13H,2,5,8-9H2,1H3,(H2,16,19)(H2,17,20). The SMILES string of the molecule is CC1CCC(C(N)=O)CN1Cc1ccc(C(N)=S)cc1. The third-order valence-corrected chi connectivity index (χ3v) is 4.27. The van der Waals surface area contributed by atoms with E-state index in [1.165, 1.54) is 5.56 Å². The topological polar surface area (TPSA) is 72.4 Å². The number of hydrogen-bond acceptors (Lipinski definition) is 3. The van der Waals surface area contributed by atoms with Crippen LogP contribution in [0.2, 0.25) is 0 Å². The summed E-state index contributed by atoms with van der Waals surface area (Å²) in [6.45, 7) is 3.76. The van der Waals surface area contributed by atoms with Crippen molar-refractivity contribution in [1.29, 1.82) is 0 Å². The monoisotopic (exact) mass is 291 g/mol. The van der Waals surface area contributed by atoms with Gasteiger partial charge in [-0.3, -0.25) is 9.69 Å². The van der Waals surface area contributed by atoms with Gasteiger partial charge in [-0.1, -0.05) is 36.5 Å². The molecule has 1 heterocycles. The zero-order valence-corrected chi connectivity index (χ0v) is 12.5. The van der Waals surface area contributed by atoms with E-state index in [1.807, 2.05) is 24.3 Å². The third kappa shape index (κ3) is 3.55. The molecule has 0 saturated carbocycles. The van der Waals surface area contributed by atoms with E-state index in [4.69, 9.17) is 23.7 Å². The van der Waals surface area contributed by atoms with Gasteiger partial charge in [0.1, 0.15) is 4.99 Å². The van der Waals surface area contributed by atoms with Crippen LogP contribution in [0.25, 0.3) is 0 Å². The zero-order chi connectivity index (χ0) is 14.7. The fourth-order valence-electron chi connectivity index (χ4n) is 2.64. The third-order valence-electron chi connectivity index (χ3n) is 4.04. The highest BCUT2D eigenvalue weighted by atomic mass is 32.1. The molecule has 2 rings (SSSR count). The van der Waals surface area contributed by atoms with Gasteiger partial charge >= 0.3 is 0 Å². The Hall–Kier alpha value is -1.46. The smallest absolute Gasteiger partial charge is 0.221 e. The van der Waals surface area contributed by atoms with Crippen molar-refractivity contribution in [2.45, 2.75) is 32.4 Å². The van der Waals surface area contributed by atoms with Gasteiger partial charge in [-0.2, -0.15) is 0 Å². The molecular weight excluding hydrogens is 270 g/mol. The highest BCUT2D eigenvalue weighted by molar-refractivity contribution is 7.80. The van der Waals surface area contributed by atoms with Crippen LogP contribution in [0.4, 0.5) is 0 Å². The molecule has 2 atom stereocenters. The number of carbonyl (C=O) groups excluding carboxylic acids is 1. The number of nitrogens with two attached hydrogens (primary N) is 2. The summed E-state index contributed by atoms with van der Waals surface area (Å²) >= 11 is 4.95. The molecule has 1 fully saturated rings. The maximum absolute atomic E-state index is 11.3. The van der Waals surface area contributed by atoms with Crippen LogP contribution in [0.15, 0.2) is 24.3 Å². The van der Waals surface area contributed by atoms with Gasteiger partial charge in [0.05, 0.1) is 5.92 Å². The van der Waals surface area contributed by atoms with E-state index < -0.39 is 0 Å². The van der Waals surface area contributed by atoms with Gasteiger partial charge in [0.15, 0.2) is 0 Å². The average Bonchev–Trinajstić information content (AvgIpc) is 2.41. The van der Waals surface area contributed by atoms with E-state index in [9.17, 15) is 4.79 Å². The first-order valence-corrected chi connectivity index (χ1v) is 7.30. The minimum absolute atomic E-state index is 0.0258. The van der Waals surface area contributed by atoms with Crippen LogP contribution >= 0.6 is 12.2 Å². The van der Waals surface area contributed by atoms with Gasteiger partial charge < -0.3 is 11.5 Å². The van der Waals surface area contributed by atoms with E-state index in [0.717, 1.165) is 31.5 Å². The van der Waals surface area contributed by atoms with Gasteiger partial charge in [0, 0.05) is 24.7 Å². The van der Waals surface area contributed by atoms with E-state index in [2.05, 4.69) is 11.8 Å². The number of hydrogen-bond donors (Lipinski definition) is 2. The van der Waals surface area contributed by atoms with Crippen molar-refractivity contribution in [3.63, 3.8) is 0 Å². The summed E-state index contributed by atoms with van der Waals surface area (Å²) in [6, 6.07) is 8.43. The summed E-state index contributed by atoms with van der Waals surface area (Å²) in [5.41, 5.74) is 13.1. The molecule has 1 aliphatic heterocycles. The molecule has 2 unspecified atom stereocenters. The highest BCUT2D eigenvalue weighted by Crippen LogP contribution is 2.23. The largest absolute Gasteiger partial charge is 0.389 e. The lowest BCUT2D eigenvalue weighted by Crippen LogP contribution is -2.45. The molecule has 1 aromatic carbocycles. The number of nitrogens with zero attached hydrogens (tertiary/aromatic N) is 1. The van der Waals surface area contributed by atoms with Crippen molar-refractivity contribution < 1.29 is 4.79 Å². The van der Waals surface area contributed by atoms with E-state index in [1.54, 1.807) is 0 Å². The molecule has 0 spiro atoms. The molecule has 5 heteroatoms. The normalized spacial score (nSPS) is 23.4. The molecule has 4 nitrogen and oxygen atoms in total. The van der Waals surface area contributed by atoms with Crippen LogP contribution < -0.4 is 11.5 Å². The fourth-order valence-corrected chi connectivity index (χ4v) is 2.78. The molecule has 20 heavy (non-hydrogen) atoms. The average molecular weight is 291 g/mol. The summed E-state index contributed by atoms with van der Waals surface area (Å²) in [5.74, 6) is -0.215. The second-order valence-electron chi connectivity index (χ2n) is 5.52. The molecule has 0 radical (unpaired) electrons. The Morgan fingerprint density at radius 3 is 2.50 bits per heavy atom. The molecule has 1 aliphatic rings. The number of benzene rings is 1. The van der Waals surface area contributed by atoms with Crippen molar-refractivity contribution in [2.75, 3.05) is 6.54 Å². The maximum Gasteiger partial charge on any atom is 0.221 e. The summed E-state index contributed by atoms with van der Waals surface area (Å²) in [5, 5.41) is 0. The van der Waals surface area contributed by atoms with Crippen molar-refractivity contribution in [2.24, 2.45) is 17.4 Å². The highest BCUT2D eigenvalue weighted by Gasteiger charge is 2.28. The lowest BCUT2D eigenvalue weighted by molar-refractivity contribution is -0.124. The maximum atomic E-state index is 11.3. The quantitative estimate of drug-likeness (QED) is 0.823. The van der Waals surface area contributed by atoms with Crippen molar-refractivity contribution >= 4 is 23.1 Å². The molecule has 1 amide bonds. The molecule has 1 saturated heterocycles. The Bertz CT molecular complexity index is 500. The van der Waals surface area contributed by atoms with Crippen molar-refractivity contribution in [3.8, 4) is 0 Å². The van der Waals surface area contributed by atoms with E-state index in [0.29, 0.717) is 11.0 Å². The number of carbonyl (C=O) groups is 1. The van der Waals surface area contributed by atoms with E-state index >= 15 is 0 Å². The molecule has 0 aliphatic carbocycles. The Kier molecular flexibility index (Phi) is 4.73. The molecule has 1 aromatic rings. The number of thiocarbonyl (C=S) groups is 1. The molecule has 4 N–H and O–H groups in total. The Morgan fingerprint density at radius 1 is 1.30 bits per heavy atom. The Labute approximate surface area is 125 Å². The van der Waals surface area contributed by atoms with Crippen molar-refractivity contribution in [1.82, 2.24) is 4.90 Å². The number of primary amides is 1. The Balaban J connectivity index is 2.03. The predicted octanol–water partition coefficient (Wildman–Crippen LogP) is 1.41. The molecule has 0 bridgehead atoms. The van der Waals surface area contributed by atoms with Crippen LogP contribution in [-0.4, -0.2) is 28.4 Å². The van der Waals surface area contributed by atoms with Crippen LogP contribution in [-0.2, 0) is 11.3 Å². The minimum Gasteiger partial charge on any atom is -0.389 e. The van der Waals surface area contributed by atoms with Crippen LogP contribution in [0.1, 0.15) is 30.9 Å². The van der Waals surface area contributed by atoms with E-state index in [-0.39, 0.29) is 11.8 Å². The first-order chi connectivity index (χ1) is 9.47. The number of likely N-dealkylation sites (tertiary alicyclic amines) is 1. The van der Waals surface area contributed by atoms with Crippen LogP contribution in [0.5, 0.6) is 0 Å². The second-order valence-corrected chi connectivity index (χ2v) is 5.96. The fraction of sp³-hybridized carbons (Fsp3) is 0.467. The summed E-state index contributed by atoms with van der Waals surface area (Å²) in [7, 11) is 0. The van der Waals surface area contributed by atoms with Crippen LogP contribution in [0, 0.1) is 5.92 Å². The lowest BCUT2D eigenvalue weighted by Gasteiger charge is -2.36. The summed E-state index contributed by atoms with van der Waals surface area (Å²) < 4.78 is 0. The number of amides is 1. The van der Waals surface area contributed by atoms with Gasteiger partial charge in [-0.15, -0.1) is 0 Å². The van der Waals surface area contributed by atoms with Gasteiger partial charge in [-0.05, 0) is 25.3 Å². The lowest BCUT2D eigenvalue weighted by atomic mass is 9.92. The summed E-state index contributed by atoms with van der Waals surface area (Å²) in [4.78, 5) is 14.1. The van der Waals surface area contributed by atoms with Crippen molar-refractivity contribution in [3.05, 3.63) is 35.4 Å². The van der Waals surface area contributed by atoms with Gasteiger partial charge in [0.2, 0.25) is 5.91 Å². The number of piperidine rings is 1. The summed E-state index contributed by atoms with van der Waals surface area (Å²) in [6.07, 6.45) is 1.91. The van der Waals surface area contributed by atoms with Gasteiger partial charge in [0.25, 0.3) is 0 Å². The predicted molar refractivity (Wildman–Crippen MR) is 84.1 cm³/mol. The van der Waals surface area contributed by atoms with Gasteiger partial charge in [-0.25, -0.2) is 0 Å². The van der Waals surface area contributed by atoms with Crippen LogP contribution in [0.3, 0.4) is 0 Å². The number of rotatable bonds is 4. The molecule has 0 aromatic heterocycles. The first-order valence-electron chi connectivity index (χ1n) is 6.89. The molecule has 108 valence electrons. The second kappa shape index (κ2) is 6.33. The zero-order valence-electron chi connectivity index (χ0n) is 11.7. The Morgan fingerprint density at radius 2 is 1.95 bits per heavy atom. The molecular formula is C15H21N3OS.